The fourth-order valence-corrected chi connectivity index (χ4v) is 5.21. The third-order valence-electron chi connectivity index (χ3n) is 5.23. The molecule has 3 heterocycles. The number of rotatable bonds is 6. The first-order chi connectivity index (χ1) is 16.2. The molecule has 0 atom stereocenters. The second-order valence-electron chi connectivity index (χ2n) is 7.62. The van der Waals surface area contributed by atoms with Crippen LogP contribution in [0.4, 0.5) is 10.1 Å². The average molecular weight is 498 g/mol. The summed E-state index contributed by atoms with van der Waals surface area (Å²) in [5.41, 5.74) is 5.31. The standard InChI is InChI=1S/C24H21ClFN5O2S/c1-4-20-23(24(30-13-29-20)16-7-8-27-14(2)9-16)17-10-21(15(3)28-12-17)31-34(32,33)22-6-5-18(26)11-19(22)25/h5-13,31H,4H2,1-3H3. The van der Waals surface area contributed by atoms with Crippen LogP contribution in [0.25, 0.3) is 22.4 Å². The van der Waals surface area contributed by atoms with Gasteiger partial charge in [-0.25, -0.2) is 22.8 Å². The lowest BCUT2D eigenvalue weighted by molar-refractivity contribution is 0.599. The molecule has 0 radical (unpaired) electrons. The predicted octanol–water partition coefficient (Wildman–Crippen LogP) is 5.37. The lowest BCUT2D eigenvalue weighted by Gasteiger charge is -2.16. The van der Waals surface area contributed by atoms with Gasteiger partial charge in [-0.15, -0.1) is 0 Å². The first-order valence-electron chi connectivity index (χ1n) is 10.4. The number of pyridine rings is 2. The lowest BCUT2D eigenvalue weighted by atomic mass is 9.97. The van der Waals surface area contributed by atoms with Gasteiger partial charge in [0.25, 0.3) is 10.0 Å². The second kappa shape index (κ2) is 9.44. The first-order valence-corrected chi connectivity index (χ1v) is 12.3. The summed E-state index contributed by atoms with van der Waals surface area (Å²) >= 11 is 5.99. The van der Waals surface area contributed by atoms with Crippen LogP contribution in [-0.4, -0.2) is 28.4 Å². The highest BCUT2D eigenvalue weighted by Crippen LogP contribution is 2.35. The van der Waals surface area contributed by atoms with Crippen molar-refractivity contribution in [1.29, 1.82) is 0 Å². The van der Waals surface area contributed by atoms with Gasteiger partial charge in [-0.1, -0.05) is 18.5 Å². The highest BCUT2D eigenvalue weighted by atomic mass is 35.5. The number of nitrogens with zero attached hydrogens (tertiary/aromatic N) is 4. The summed E-state index contributed by atoms with van der Waals surface area (Å²) in [5.74, 6) is -0.626. The Kier molecular flexibility index (Phi) is 6.58. The highest BCUT2D eigenvalue weighted by Gasteiger charge is 2.21. The summed E-state index contributed by atoms with van der Waals surface area (Å²) < 4.78 is 42.0. The fourth-order valence-electron chi connectivity index (χ4n) is 3.57. The molecule has 1 N–H and O–H groups in total. The summed E-state index contributed by atoms with van der Waals surface area (Å²) in [6, 6.07) is 8.59. The van der Waals surface area contributed by atoms with Crippen molar-refractivity contribution in [3.63, 3.8) is 0 Å². The van der Waals surface area contributed by atoms with Gasteiger partial charge < -0.3 is 0 Å². The van der Waals surface area contributed by atoms with E-state index in [-0.39, 0.29) is 15.6 Å². The molecule has 0 unspecified atom stereocenters. The van der Waals surface area contributed by atoms with Crippen LogP contribution < -0.4 is 4.72 Å². The van der Waals surface area contributed by atoms with Crippen LogP contribution >= 0.6 is 11.6 Å². The molecule has 7 nitrogen and oxygen atoms in total. The molecule has 0 aliphatic carbocycles. The molecule has 0 saturated heterocycles. The molecule has 0 spiro atoms. The molecule has 0 bridgehead atoms. The molecule has 3 aromatic heterocycles. The molecule has 1 aromatic carbocycles. The summed E-state index contributed by atoms with van der Waals surface area (Å²) in [4.78, 5) is 17.4. The third-order valence-corrected chi connectivity index (χ3v) is 7.08. The molecule has 0 fully saturated rings. The Morgan fingerprint density at radius 2 is 1.79 bits per heavy atom. The van der Waals surface area contributed by atoms with Gasteiger partial charge in [0, 0.05) is 34.8 Å². The van der Waals surface area contributed by atoms with Crippen molar-refractivity contribution in [3.8, 4) is 22.4 Å². The van der Waals surface area contributed by atoms with E-state index in [0.717, 1.165) is 40.7 Å². The maximum Gasteiger partial charge on any atom is 0.263 e. The number of nitrogens with one attached hydrogen (secondary N) is 1. The molecular formula is C24H21ClFN5O2S. The predicted molar refractivity (Wildman–Crippen MR) is 130 cm³/mol. The van der Waals surface area contributed by atoms with Crippen molar-refractivity contribution in [2.75, 3.05) is 4.72 Å². The van der Waals surface area contributed by atoms with Crippen LogP contribution in [0.15, 0.2) is 60.0 Å². The molecule has 0 saturated carbocycles. The van der Waals surface area contributed by atoms with Gasteiger partial charge >= 0.3 is 0 Å². The average Bonchev–Trinajstić information content (AvgIpc) is 2.79. The summed E-state index contributed by atoms with van der Waals surface area (Å²) in [7, 11) is -4.09. The Morgan fingerprint density at radius 3 is 2.50 bits per heavy atom. The van der Waals surface area contributed by atoms with Gasteiger partial charge in [-0.3, -0.25) is 14.7 Å². The van der Waals surface area contributed by atoms with Crippen molar-refractivity contribution in [2.24, 2.45) is 0 Å². The Morgan fingerprint density at radius 1 is 1.00 bits per heavy atom. The van der Waals surface area contributed by atoms with Crippen LogP contribution in [0.3, 0.4) is 0 Å². The van der Waals surface area contributed by atoms with E-state index in [9.17, 15) is 12.8 Å². The van der Waals surface area contributed by atoms with Crippen LogP contribution in [-0.2, 0) is 16.4 Å². The second-order valence-corrected chi connectivity index (χ2v) is 9.68. The van der Waals surface area contributed by atoms with E-state index in [2.05, 4.69) is 24.7 Å². The van der Waals surface area contributed by atoms with Gasteiger partial charge in [0.2, 0.25) is 0 Å². The number of halogens is 2. The van der Waals surface area contributed by atoms with Crippen molar-refractivity contribution in [2.45, 2.75) is 32.1 Å². The smallest absolute Gasteiger partial charge is 0.263 e. The molecule has 10 heteroatoms. The topological polar surface area (TPSA) is 97.7 Å². The van der Waals surface area contributed by atoms with E-state index in [1.807, 2.05) is 26.0 Å². The zero-order valence-electron chi connectivity index (χ0n) is 18.7. The van der Waals surface area contributed by atoms with E-state index in [1.165, 1.54) is 6.33 Å². The first kappa shape index (κ1) is 23.7. The quantitative estimate of drug-likeness (QED) is 0.384. The molecule has 4 aromatic rings. The van der Waals surface area contributed by atoms with E-state index in [0.29, 0.717) is 23.4 Å². The summed E-state index contributed by atoms with van der Waals surface area (Å²) in [5, 5.41) is -0.214. The minimum absolute atomic E-state index is 0.214. The molecule has 4 rings (SSSR count). The van der Waals surface area contributed by atoms with Crippen molar-refractivity contribution in [1.82, 2.24) is 19.9 Å². The van der Waals surface area contributed by atoms with E-state index in [4.69, 9.17) is 11.6 Å². The van der Waals surface area contributed by atoms with Crippen molar-refractivity contribution < 1.29 is 12.8 Å². The Labute approximate surface area is 202 Å². The molecular weight excluding hydrogens is 477 g/mol. The molecule has 0 aliphatic heterocycles. The van der Waals surface area contributed by atoms with E-state index >= 15 is 0 Å². The van der Waals surface area contributed by atoms with Crippen LogP contribution in [0.2, 0.25) is 5.02 Å². The van der Waals surface area contributed by atoms with Crippen LogP contribution in [0.5, 0.6) is 0 Å². The van der Waals surface area contributed by atoms with E-state index in [1.54, 1.807) is 25.4 Å². The summed E-state index contributed by atoms with van der Waals surface area (Å²) in [6.45, 7) is 5.56. The summed E-state index contributed by atoms with van der Waals surface area (Å²) in [6.07, 6.45) is 5.51. The number of anilines is 1. The number of benzene rings is 1. The number of sulfonamides is 1. The van der Waals surface area contributed by atoms with Gasteiger partial charge in [-0.05, 0) is 56.7 Å². The Bertz CT molecular complexity index is 1490. The Hall–Kier alpha value is -3.43. The van der Waals surface area contributed by atoms with Gasteiger partial charge in [-0.2, -0.15) is 0 Å². The lowest BCUT2D eigenvalue weighted by Crippen LogP contribution is -2.15. The van der Waals surface area contributed by atoms with Crippen LogP contribution in [0.1, 0.15) is 24.0 Å². The zero-order valence-corrected chi connectivity index (χ0v) is 20.2. The van der Waals surface area contributed by atoms with Crippen molar-refractivity contribution in [3.05, 3.63) is 83.0 Å². The molecule has 0 amide bonds. The largest absolute Gasteiger partial charge is 0.278 e. The number of hydrogen-bond acceptors (Lipinski definition) is 6. The Balaban J connectivity index is 1.83. The fraction of sp³-hybridized carbons (Fsp3) is 0.167. The minimum atomic E-state index is -4.09. The maximum atomic E-state index is 13.4. The van der Waals surface area contributed by atoms with Gasteiger partial charge in [0.15, 0.2) is 0 Å². The van der Waals surface area contributed by atoms with Crippen molar-refractivity contribution >= 4 is 27.3 Å². The maximum absolute atomic E-state index is 13.4. The minimum Gasteiger partial charge on any atom is -0.278 e. The number of hydrogen-bond donors (Lipinski definition) is 1. The normalized spacial score (nSPS) is 11.4. The molecule has 174 valence electrons. The molecule has 34 heavy (non-hydrogen) atoms. The zero-order chi connectivity index (χ0) is 24.5. The molecule has 0 aliphatic rings. The van der Waals surface area contributed by atoms with Crippen LogP contribution in [0, 0.1) is 19.7 Å². The monoisotopic (exact) mass is 497 g/mol. The highest BCUT2D eigenvalue weighted by molar-refractivity contribution is 7.92. The number of aryl methyl sites for hydroxylation is 3. The van der Waals surface area contributed by atoms with E-state index < -0.39 is 15.8 Å². The van der Waals surface area contributed by atoms with Gasteiger partial charge in [0.05, 0.1) is 27.8 Å². The third kappa shape index (κ3) is 4.76. The number of aromatic nitrogens is 4. The van der Waals surface area contributed by atoms with Gasteiger partial charge in [0.1, 0.15) is 17.0 Å². The SMILES string of the molecule is CCc1ncnc(-c2ccnc(C)c2)c1-c1cnc(C)c(NS(=O)(=O)c2ccc(F)cc2Cl)c1.